The molecule has 29 heavy (non-hydrogen) atoms. The second-order valence-corrected chi connectivity index (χ2v) is 8.43. The fourth-order valence-electron chi connectivity index (χ4n) is 4.59. The molecule has 0 radical (unpaired) electrons. The van der Waals surface area contributed by atoms with Gasteiger partial charge in [0.2, 0.25) is 0 Å². The van der Waals surface area contributed by atoms with Gasteiger partial charge < -0.3 is 9.80 Å². The zero-order valence-corrected chi connectivity index (χ0v) is 18.1. The monoisotopic (exact) mass is 392 g/mol. The van der Waals surface area contributed by atoms with E-state index in [2.05, 4.69) is 54.0 Å². The molecule has 1 atom stereocenters. The average molecular weight is 393 g/mol. The van der Waals surface area contributed by atoms with Crippen LogP contribution in [-0.4, -0.2) is 48.4 Å². The van der Waals surface area contributed by atoms with Gasteiger partial charge in [0.25, 0.3) is 5.91 Å². The molecule has 0 aromatic heterocycles. The number of carbonyl (C=O) groups excluding carboxylic acids is 1. The summed E-state index contributed by atoms with van der Waals surface area (Å²) in [5.74, 6) is 0.166. The molecule has 1 aliphatic rings. The van der Waals surface area contributed by atoms with Gasteiger partial charge in [0, 0.05) is 24.1 Å². The van der Waals surface area contributed by atoms with Crippen molar-refractivity contribution in [3.05, 3.63) is 71.8 Å². The minimum absolute atomic E-state index is 0.0594. The summed E-state index contributed by atoms with van der Waals surface area (Å²) in [7, 11) is 0. The molecule has 0 spiro atoms. The summed E-state index contributed by atoms with van der Waals surface area (Å²) in [6.45, 7) is 9.64. The highest BCUT2D eigenvalue weighted by molar-refractivity contribution is 5.94. The van der Waals surface area contributed by atoms with Crippen LogP contribution in [0.4, 0.5) is 0 Å². The number of nitrogens with zero attached hydrogens (tertiary/aromatic N) is 2. The molecule has 156 valence electrons. The third kappa shape index (κ3) is 5.48. The van der Waals surface area contributed by atoms with Crippen molar-refractivity contribution in [1.29, 1.82) is 0 Å². The molecule has 1 unspecified atom stereocenters. The summed E-state index contributed by atoms with van der Waals surface area (Å²) < 4.78 is 0. The van der Waals surface area contributed by atoms with Gasteiger partial charge in [-0.3, -0.25) is 4.79 Å². The molecule has 0 aliphatic carbocycles. The first-order valence-electron chi connectivity index (χ1n) is 11.3. The Labute approximate surface area is 176 Å². The van der Waals surface area contributed by atoms with Crippen molar-refractivity contribution in [3.63, 3.8) is 0 Å². The maximum absolute atomic E-state index is 13.1. The minimum atomic E-state index is 0.0594. The highest BCUT2D eigenvalue weighted by Crippen LogP contribution is 2.38. The van der Waals surface area contributed by atoms with Gasteiger partial charge in [-0.05, 0) is 63.0 Å². The van der Waals surface area contributed by atoms with Crippen molar-refractivity contribution in [1.82, 2.24) is 9.80 Å². The normalized spacial score (nSPS) is 19.1. The minimum Gasteiger partial charge on any atom is -0.338 e. The van der Waals surface area contributed by atoms with Gasteiger partial charge in [-0.25, -0.2) is 0 Å². The van der Waals surface area contributed by atoms with Gasteiger partial charge in [0.05, 0.1) is 0 Å². The Bertz CT molecular complexity index is 746. The predicted molar refractivity (Wildman–Crippen MR) is 121 cm³/mol. The highest BCUT2D eigenvalue weighted by Gasteiger charge is 2.41. The number of benzene rings is 2. The van der Waals surface area contributed by atoms with Crippen LogP contribution in [0.15, 0.2) is 60.7 Å². The zero-order valence-electron chi connectivity index (χ0n) is 18.1. The summed E-state index contributed by atoms with van der Waals surface area (Å²) in [5, 5.41) is 0. The second-order valence-electron chi connectivity index (χ2n) is 8.43. The maximum Gasteiger partial charge on any atom is 0.253 e. The number of unbranched alkanes of at least 4 members (excludes halogenated alkanes) is 1. The van der Waals surface area contributed by atoms with E-state index in [4.69, 9.17) is 0 Å². The van der Waals surface area contributed by atoms with Crippen LogP contribution in [0.3, 0.4) is 0 Å². The summed E-state index contributed by atoms with van der Waals surface area (Å²) in [5.41, 5.74) is 2.24. The van der Waals surface area contributed by atoms with Gasteiger partial charge in [0.15, 0.2) is 0 Å². The van der Waals surface area contributed by atoms with E-state index in [1.54, 1.807) is 0 Å². The predicted octanol–water partition coefficient (Wildman–Crippen LogP) is 5.37. The first kappa shape index (κ1) is 21.6. The number of rotatable bonds is 10. The molecule has 0 N–H and O–H groups in total. The molecule has 1 aliphatic heterocycles. The van der Waals surface area contributed by atoms with Gasteiger partial charge in [-0.2, -0.15) is 0 Å². The molecule has 1 amide bonds. The Morgan fingerprint density at radius 2 is 1.62 bits per heavy atom. The summed E-state index contributed by atoms with van der Waals surface area (Å²) in [6, 6.07) is 20.6. The first-order valence-corrected chi connectivity index (χ1v) is 11.3. The zero-order chi connectivity index (χ0) is 20.5. The van der Waals surface area contributed by atoms with Gasteiger partial charge in [0.1, 0.15) is 0 Å². The number of likely N-dealkylation sites (tertiary alicyclic amines) is 1. The molecule has 2 aromatic carbocycles. The van der Waals surface area contributed by atoms with E-state index in [1.807, 2.05) is 30.3 Å². The highest BCUT2D eigenvalue weighted by atomic mass is 16.2. The van der Waals surface area contributed by atoms with Crippen molar-refractivity contribution < 1.29 is 4.79 Å². The molecule has 1 saturated heterocycles. The Balaban J connectivity index is 1.76. The molecular weight excluding hydrogens is 356 g/mol. The van der Waals surface area contributed by atoms with Gasteiger partial charge >= 0.3 is 0 Å². The molecule has 2 aromatic rings. The molecule has 3 rings (SSSR count). The Kier molecular flexibility index (Phi) is 7.88. The van der Waals surface area contributed by atoms with E-state index in [0.29, 0.717) is 0 Å². The van der Waals surface area contributed by atoms with Crippen LogP contribution in [0.1, 0.15) is 61.9 Å². The first-order chi connectivity index (χ1) is 14.2. The number of amides is 1. The van der Waals surface area contributed by atoms with E-state index in [9.17, 15) is 4.79 Å². The summed E-state index contributed by atoms with van der Waals surface area (Å²) in [4.78, 5) is 17.8. The number of carbonyl (C=O) groups is 1. The van der Waals surface area contributed by atoms with E-state index < -0.39 is 0 Å². The van der Waals surface area contributed by atoms with Crippen molar-refractivity contribution in [3.8, 4) is 0 Å². The average Bonchev–Trinajstić information content (AvgIpc) is 3.22. The van der Waals surface area contributed by atoms with Crippen molar-refractivity contribution in [2.45, 2.75) is 51.4 Å². The van der Waals surface area contributed by atoms with Crippen LogP contribution < -0.4 is 0 Å². The fraction of sp³-hybridized carbons (Fsp3) is 0.500. The van der Waals surface area contributed by atoms with E-state index in [0.717, 1.165) is 44.6 Å². The standard InChI is InChI=1S/C26H36N2O/c1-3-5-19-27(18-4-2)20-16-26(24-14-10-7-11-15-24)17-21-28(22-26)25(29)23-12-8-6-9-13-23/h6-15H,3-5,16-22H2,1-2H3. The van der Waals surface area contributed by atoms with Crippen LogP contribution in [0, 0.1) is 0 Å². The van der Waals surface area contributed by atoms with Crippen LogP contribution >= 0.6 is 0 Å². The quantitative estimate of drug-likeness (QED) is 0.542. The Morgan fingerprint density at radius 1 is 0.931 bits per heavy atom. The van der Waals surface area contributed by atoms with Crippen LogP contribution in [0.2, 0.25) is 0 Å². The lowest BCUT2D eigenvalue weighted by atomic mass is 9.76. The topological polar surface area (TPSA) is 23.6 Å². The molecular formula is C26H36N2O. The van der Waals surface area contributed by atoms with Gasteiger partial charge in [-0.1, -0.05) is 68.8 Å². The maximum atomic E-state index is 13.1. The van der Waals surface area contributed by atoms with Crippen LogP contribution in [0.5, 0.6) is 0 Å². The fourth-order valence-corrected chi connectivity index (χ4v) is 4.59. The molecule has 0 saturated carbocycles. The third-order valence-corrected chi connectivity index (χ3v) is 6.32. The third-order valence-electron chi connectivity index (χ3n) is 6.32. The number of hydrogen-bond acceptors (Lipinski definition) is 2. The van der Waals surface area contributed by atoms with Crippen molar-refractivity contribution in [2.75, 3.05) is 32.7 Å². The van der Waals surface area contributed by atoms with Crippen molar-refractivity contribution >= 4 is 5.91 Å². The van der Waals surface area contributed by atoms with Crippen LogP contribution in [-0.2, 0) is 5.41 Å². The van der Waals surface area contributed by atoms with Crippen molar-refractivity contribution in [2.24, 2.45) is 0 Å². The lowest BCUT2D eigenvalue weighted by Gasteiger charge is -2.33. The van der Waals surface area contributed by atoms with E-state index in [-0.39, 0.29) is 11.3 Å². The molecule has 3 heteroatoms. The van der Waals surface area contributed by atoms with Crippen LogP contribution in [0.25, 0.3) is 0 Å². The van der Waals surface area contributed by atoms with E-state index >= 15 is 0 Å². The smallest absolute Gasteiger partial charge is 0.253 e. The Morgan fingerprint density at radius 3 is 2.28 bits per heavy atom. The lowest BCUT2D eigenvalue weighted by molar-refractivity contribution is 0.0780. The SMILES string of the molecule is CCCCN(CCC)CCC1(c2ccccc2)CCN(C(=O)c2ccccc2)C1. The summed E-state index contributed by atoms with van der Waals surface area (Å²) >= 11 is 0. The Hall–Kier alpha value is -2.13. The molecule has 0 bridgehead atoms. The largest absolute Gasteiger partial charge is 0.338 e. The van der Waals surface area contributed by atoms with E-state index in [1.165, 1.54) is 31.4 Å². The number of hydrogen-bond donors (Lipinski definition) is 0. The molecule has 3 nitrogen and oxygen atoms in total. The molecule has 1 fully saturated rings. The molecule has 1 heterocycles. The summed E-state index contributed by atoms with van der Waals surface area (Å²) in [6.07, 6.45) is 5.85. The second kappa shape index (κ2) is 10.6. The van der Waals surface area contributed by atoms with Gasteiger partial charge in [-0.15, -0.1) is 0 Å². The lowest BCUT2D eigenvalue weighted by Crippen LogP contribution is -2.38.